The fraction of sp³-hybridized carbons (Fsp3) is 0.438. The molecule has 0 N–H and O–H groups in total. The van der Waals surface area contributed by atoms with E-state index in [1.165, 1.54) is 5.56 Å². The van der Waals surface area contributed by atoms with Crippen molar-refractivity contribution in [1.82, 2.24) is 15.0 Å². The van der Waals surface area contributed by atoms with E-state index >= 15 is 0 Å². The van der Waals surface area contributed by atoms with E-state index < -0.39 is 0 Å². The smallest absolute Gasteiger partial charge is 0.172 e. The van der Waals surface area contributed by atoms with Crippen molar-refractivity contribution in [2.24, 2.45) is 0 Å². The number of rotatable bonds is 6. The molecule has 0 aliphatic heterocycles. The van der Waals surface area contributed by atoms with Crippen molar-refractivity contribution in [3.05, 3.63) is 41.2 Å². The minimum atomic E-state index is 0.302. The fourth-order valence-corrected chi connectivity index (χ4v) is 2.51. The maximum Gasteiger partial charge on any atom is 0.172 e. The molecule has 0 saturated carbocycles. The van der Waals surface area contributed by atoms with Crippen LogP contribution in [0.15, 0.2) is 24.3 Å². The summed E-state index contributed by atoms with van der Waals surface area (Å²) in [6.45, 7) is 6.38. The molecule has 0 amide bonds. The highest BCUT2D eigenvalue weighted by atomic mass is 16.1. The zero-order valence-electron chi connectivity index (χ0n) is 12.3. The number of nitrogens with zero attached hydrogens (tertiary/aromatic N) is 3. The molecular weight excluding hydrogens is 250 g/mol. The molecule has 0 atom stereocenters. The average molecular weight is 271 g/mol. The molecule has 0 spiro atoms. The van der Waals surface area contributed by atoms with Crippen molar-refractivity contribution in [2.45, 2.75) is 46.0 Å². The Morgan fingerprint density at radius 2 is 1.80 bits per heavy atom. The summed E-state index contributed by atoms with van der Waals surface area (Å²) < 4.78 is 1.81. The van der Waals surface area contributed by atoms with Crippen molar-refractivity contribution in [2.75, 3.05) is 0 Å². The first-order chi connectivity index (χ1) is 9.74. The molecule has 0 fully saturated rings. The number of benzene rings is 1. The molecule has 20 heavy (non-hydrogen) atoms. The third-order valence-corrected chi connectivity index (χ3v) is 3.81. The third kappa shape index (κ3) is 2.64. The first-order valence-electron chi connectivity index (χ1n) is 7.25. The van der Waals surface area contributed by atoms with E-state index in [2.05, 4.69) is 43.2 Å². The Balaban J connectivity index is 2.49. The molecular formula is C16H21N3O. The van der Waals surface area contributed by atoms with Gasteiger partial charge in [-0.25, -0.2) is 4.68 Å². The zero-order valence-corrected chi connectivity index (χ0v) is 12.3. The van der Waals surface area contributed by atoms with Crippen LogP contribution in [0.1, 0.15) is 61.3 Å². The van der Waals surface area contributed by atoms with Gasteiger partial charge >= 0.3 is 0 Å². The SMILES string of the molecule is CCc1ccc(-n2nnc(C=O)c2C(CC)CC)cc1. The number of carbonyl (C=O) groups excluding carboxylic acids is 1. The lowest BCUT2D eigenvalue weighted by atomic mass is 9.97. The number of aldehydes is 1. The molecule has 106 valence electrons. The predicted molar refractivity (Wildman–Crippen MR) is 79.4 cm³/mol. The van der Waals surface area contributed by atoms with Crippen LogP contribution < -0.4 is 0 Å². The van der Waals surface area contributed by atoms with Gasteiger partial charge in [-0.2, -0.15) is 0 Å². The largest absolute Gasteiger partial charge is 0.296 e. The molecule has 4 nitrogen and oxygen atoms in total. The lowest BCUT2D eigenvalue weighted by molar-refractivity contribution is 0.111. The number of aromatic nitrogens is 3. The van der Waals surface area contributed by atoms with Crippen LogP contribution in [0.3, 0.4) is 0 Å². The van der Waals surface area contributed by atoms with Crippen LogP contribution in [0.2, 0.25) is 0 Å². The summed E-state index contributed by atoms with van der Waals surface area (Å²) in [4.78, 5) is 11.2. The van der Waals surface area contributed by atoms with Crippen LogP contribution in [-0.4, -0.2) is 21.3 Å². The quantitative estimate of drug-likeness (QED) is 0.755. The molecule has 0 saturated heterocycles. The van der Waals surface area contributed by atoms with E-state index in [0.717, 1.165) is 36.9 Å². The number of hydrogen-bond donors (Lipinski definition) is 0. The molecule has 0 unspecified atom stereocenters. The number of carbonyl (C=O) groups is 1. The van der Waals surface area contributed by atoms with Crippen molar-refractivity contribution in [3.63, 3.8) is 0 Å². The van der Waals surface area contributed by atoms with Gasteiger partial charge in [0.2, 0.25) is 0 Å². The predicted octanol–water partition coefficient (Wildman–Crippen LogP) is 3.55. The molecule has 2 aromatic rings. The van der Waals surface area contributed by atoms with Crippen LogP contribution >= 0.6 is 0 Å². The van der Waals surface area contributed by atoms with E-state index in [1.54, 1.807) is 4.68 Å². The summed E-state index contributed by atoms with van der Waals surface area (Å²) in [6.07, 6.45) is 3.75. The maximum atomic E-state index is 11.2. The van der Waals surface area contributed by atoms with Gasteiger partial charge in [-0.05, 0) is 37.0 Å². The molecule has 0 aliphatic rings. The van der Waals surface area contributed by atoms with Gasteiger partial charge in [0.15, 0.2) is 6.29 Å². The summed E-state index contributed by atoms with van der Waals surface area (Å²) in [7, 11) is 0. The molecule has 1 aromatic carbocycles. The topological polar surface area (TPSA) is 47.8 Å². The number of hydrogen-bond acceptors (Lipinski definition) is 3. The highest BCUT2D eigenvalue weighted by Gasteiger charge is 2.20. The second kappa shape index (κ2) is 6.46. The van der Waals surface area contributed by atoms with Gasteiger partial charge in [0.1, 0.15) is 5.69 Å². The second-order valence-electron chi connectivity index (χ2n) is 4.92. The Kier molecular flexibility index (Phi) is 4.66. The average Bonchev–Trinajstić information content (AvgIpc) is 2.92. The van der Waals surface area contributed by atoms with Gasteiger partial charge in [-0.3, -0.25) is 4.79 Å². The lowest BCUT2D eigenvalue weighted by Crippen LogP contribution is -2.08. The molecule has 2 rings (SSSR count). The van der Waals surface area contributed by atoms with Gasteiger partial charge in [0.25, 0.3) is 0 Å². The van der Waals surface area contributed by atoms with E-state index in [1.807, 2.05) is 12.1 Å². The van der Waals surface area contributed by atoms with Crippen molar-refractivity contribution >= 4 is 6.29 Å². The molecule has 1 aromatic heterocycles. The highest BCUT2D eigenvalue weighted by molar-refractivity contribution is 5.74. The highest BCUT2D eigenvalue weighted by Crippen LogP contribution is 2.26. The van der Waals surface area contributed by atoms with Crippen LogP contribution in [0.5, 0.6) is 0 Å². The van der Waals surface area contributed by atoms with Gasteiger partial charge in [-0.15, -0.1) is 5.10 Å². The van der Waals surface area contributed by atoms with Crippen LogP contribution in [0.25, 0.3) is 5.69 Å². The Hall–Kier alpha value is -1.97. The standard InChI is InChI=1S/C16H21N3O/c1-4-12-7-9-14(10-8-12)19-16(13(5-2)6-3)15(11-20)17-18-19/h7-11,13H,4-6H2,1-3H3. The molecule has 4 heteroatoms. The Bertz CT molecular complexity index is 568. The Labute approximate surface area is 119 Å². The third-order valence-electron chi connectivity index (χ3n) is 3.81. The summed E-state index contributed by atoms with van der Waals surface area (Å²) in [5, 5.41) is 8.18. The normalized spacial score (nSPS) is 11.0. The van der Waals surface area contributed by atoms with Gasteiger partial charge in [0.05, 0.1) is 11.4 Å². The minimum Gasteiger partial charge on any atom is -0.296 e. The monoisotopic (exact) mass is 271 g/mol. The van der Waals surface area contributed by atoms with Crippen LogP contribution in [-0.2, 0) is 6.42 Å². The zero-order chi connectivity index (χ0) is 14.5. The summed E-state index contributed by atoms with van der Waals surface area (Å²) >= 11 is 0. The summed E-state index contributed by atoms with van der Waals surface area (Å²) in [6, 6.07) is 8.25. The van der Waals surface area contributed by atoms with Crippen LogP contribution in [0, 0.1) is 0 Å². The van der Waals surface area contributed by atoms with Crippen molar-refractivity contribution in [1.29, 1.82) is 0 Å². The molecule has 0 radical (unpaired) electrons. The lowest BCUT2D eigenvalue weighted by Gasteiger charge is -2.15. The molecule has 1 heterocycles. The van der Waals surface area contributed by atoms with Crippen LogP contribution in [0.4, 0.5) is 0 Å². The molecule has 0 aliphatic carbocycles. The Morgan fingerprint density at radius 3 is 2.30 bits per heavy atom. The van der Waals surface area contributed by atoms with Gasteiger partial charge < -0.3 is 0 Å². The number of aryl methyl sites for hydroxylation is 1. The molecule has 0 bridgehead atoms. The van der Waals surface area contributed by atoms with E-state index in [-0.39, 0.29) is 0 Å². The van der Waals surface area contributed by atoms with E-state index in [9.17, 15) is 4.79 Å². The van der Waals surface area contributed by atoms with Gasteiger partial charge in [-0.1, -0.05) is 38.1 Å². The maximum absolute atomic E-state index is 11.2. The fourth-order valence-electron chi connectivity index (χ4n) is 2.51. The van der Waals surface area contributed by atoms with Gasteiger partial charge in [0, 0.05) is 5.92 Å². The first-order valence-corrected chi connectivity index (χ1v) is 7.25. The second-order valence-corrected chi connectivity index (χ2v) is 4.92. The Morgan fingerprint density at radius 1 is 1.15 bits per heavy atom. The summed E-state index contributed by atoms with van der Waals surface area (Å²) in [5.41, 5.74) is 3.63. The minimum absolute atomic E-state index is 0.302. The summed E-state index contributed by atoms with van der Waals surface area (Å²) in [5.74, 6) is 0.302. The van der Waals surface area contributed by atoms with Crippen molar-refractivity contribution in [3.8, 4) is 5.69 Å². The van der Waals surface area contributed by atoms with E-state index in [0.29, 0.717) is 11.6 Å². The first kappa shape index (κ1) is 14.4. The van der Waals surface area contributed by atoms with E-state index in [4.69, 9.17) is 0 Å². The van der Waals surface area contributed by atoms with Crippen molar-refractivity contribution < 1.29 is 4.79 Å².